The number of nitrogens with zero attached hydrogens (tertiary/aromatic N) is 2. The SMILES string of the molecule is O=C(ON1C(=O)c2ccccc2C1=O)C1CCN(Cc2ccccc2)C1=O. The third-order valence-corrected chi connectivity index (χ3v) is 4.74. The van der Waals surface area contributed by atoms with E-state index in [0.29, 0.717) is 18.2 Å². The first-order chi connectivity index (χ1) is 13.1. The predicted molar refractivity (Wildman–Crippen MR) is 93.0 cm³/mol. The van der Waals surface area contributed by atoms with Gasteiger partial charge < -0.3 is 9.74 Å². The second kappa shape index (κ2) is 6.68. The van der Waals surface area contributed by atoms with Crippen molar-refractivity contribution in [2.45, 2.75) is 13.0 Å². The van der Waals surface area contributed by atoms with Gasteiger partial charge in [-0.05, 0) is 24.1 Å². The Morgan fingerprint density at radius 2 is 1.52 bits per heavy atom. The molecule has 1 atom stereocenters. The number of likely N-dealkylation sites (tertiary alicyclic amines) is 1. The molecule has 2 aliphatic rings. The monoisotopic (exact) mass is 364 g/mol. The van der Waals surface area contributed by atoms with Gasteiger partial charge in [0.2, 0.25) is 5.91 Å². The van der Waals surface area contributed by atoms with Crippen LogP contribution in [0.5, 0.6) is 0 Å². The lowest BCUT2D eigenvalue weighted by molar-refractivity contribution is -0.175. The van der Waals surface area contributed by atoms with E-state index in [1.165, 1.54) is 12.1 Å². The van der Waals surface area contributed by atoms with Gasteiger partial charge >= 0.3 is 5.97 Å². The van der Waals surface area contributed by atoms with Crippen molar-refractivity contribution in [1.29, 1.82) is 0 Å². The van der Waals surface area contributed by atoms with Crippen LogP contribution in [-0.4, -0.2) is 40.2 Å². The molecule has 1 saturated heterocycles. The number of hydrogen-bond acceptors (Lipinski definition) is 5. The smallest absolute Gasteiger partial charge is 0.338 e. The van der Waals surface area contributed by atoms with Gasteiger partial charge in [-0.15, -0.1) is 0 Å². The third kappa shape index (κ3) is 2.97. The molecule has 0 radical (unpaired) electrons. The highest BCUT2D eigenvalue weighted by Gasteiger charge is 2.43. The minimum atomic E-state index is -1.02. The maximum atomic E-state index is 12.5. The predicted octanol–water partition coefficient (Wildman–Crippen LogP) is 1.79. The lowest BCUT2D eigenvalue weighted by Gasteiger charge is -2.17. The van der Waals surface area contributed by atoms with Gasteiger partial charge in [-0.2, -0.15) is 0 Å². The Morgan fingerprint density at radius 1 is 0.926 bits per heavy atom. The number of amides is 3. The molecule has 2 aliphatic heterocycles. The molecule has 0 bridgehead atoms. The van der Waals surface area contributed by atoms with E-state index in [4.69, 9.17) is 4.84 Å². The molecule has 7 heteroatoms. The van der Waals surface area contributed by atoms with E-state index in [9.17, 15) is 19.2 Å². The minimum Gasteiger partial charge on any atom is -0.338 e. The van der Waals surface area contributed by atoms with Crippen molar-refractivity contribution in [3.8, 4) is 0 Å². The summed E-state index contributed by atoms with van der Waals surface area (Å²) >= 11 is 0. The summed E-state index contributed by atoms with van der Waals surface area (Å²) in [7, 11) is 0. The van der Waals surface area contributed by atoms with E-state index in [2.05, 4.69) is 0 Å². The second-order valence-corrected chi connectivity index (χ2v) is 6.45. The zero-order chi connectivity index (χ0) is 19.0. The Morgan fingerprint density at radius 3 is 2.15 bits per heavy atom. The first-order valence-corrected chi connectivity index (χ1v) is 8.58. The van der Waals surface area contributed by atoms with Gasteiger partial charge in [-0.1, -0.05) is 47.5 Å². The van der Waals surface area contributed by atoms with E-state index in [1.54, 1.807) is 17.0 Å². The van der Waals surface area contributed by atoms with Crippen LogP contribution in [0.4, 0.5) is 0 Å². The number of benzene rings is 2. The average molecular weight is 364 g/mol. The van der Waals surface area contributed by atoms with Crippen molar-refractivity contribution >= 4 is 23.7 Å². The fourth-order valence-corrected chi connectivity index (χ4v) is 3.32. The lowest BCUT2D eigenvalue weighted by atomic mass is 10.1. The molecule has 3 amide bonds. The summed E-state index contributed by atoms with van der Waals surface area (Å²) in [6.45, 7) is 0.812. The molecule has 0 N–H and O–H groups in total. The number of rotatable bonds is 4. The van der Waals surface area contributed by atoms with Gasteiger partial charge in [-0.3, -0.25) is 14.4 Å². The Balaban J connectivity index is 1.43. The van der Waals surface area contributed by atoms with E-state index in [-0.39, 0.29) is 23.5 Å². The van der Waals surface area contributed by atoms with Gasteiger partial charge in [0, 0.05) is 13.1 Å². The highest BCUT2D eigenvalue weighted by atomic mass is 16.7. The summed E-state index contributed by atoms with van der Waals surface area (Å²) < 4.78 is 0. The summed E-state index contributed by atoms with van der Waals surface area (Å²) in [6.07, 6.45) is 0.285. The van der Waals surface area contributed by atoms with Gasteiger partial charge in [-0.25, -0.2) is 4.79 Å². The molecular formula is C20H16N2O5. The zero-order valence-electron chi connectivity index (χ0n) is 14.3. The van der Waals surface area contributed by atoms with Crippen LogP contribution in [0.3, 0.4) is 0 Å². The van der Waals surface area contributed by atoms with Crippen molar-refractivity contribution in [2.24, 2.45) is 5.92 Å². The van der Waals surface area contributed by atoms with Gasteiger partial charge in [0.05, 0.1) is 11.1 Å². The third-order valence-electron chi connectivity index (χ3n) is 4.74. The van der Waals surface area contributed by atoms with Crippen molar-refractivity contribution < 1.29 is 24.0 Å². The fourth-order valence-electron chi connectivity index (χ4n) is 3.32. The Hall–Kier alpha value is -3.48. The standard InChI is InChI=1S/C20H16N2O5/c23-17-16(10-11-21(17)12-13-6-2-1-3-7-13)20(26)27-22-18(24)14-8-4-5-9-15(14)19(22)25/h1-9,16H,10-12H2. The molecule has 1 unspecified atom stereocenters. The Labute approximate surface area is 155 Å². The van der Waals surface area contributed by atoms with Crippen LogP contribution in [0.15, 0.2) is 54.6 Å². The van der Waals surface area contributed by atoms with Gasteiger partial charge in [0.15, 0.2) is 0 Å². The summed E-state index contributed by atoms with van der Waals surface area (Å²) in [5.74, 6) is -3.66. The largest absolute Gasteiger partial charge is 0.345 e. The summed E-state index contributed by atoms with van der Waals surface area (Å²) in [4.78, 5) is 56.1. The maximum absolute atomic E-state index is 12.5. The normalized spacial score (nSPS) is 18.8. The number of hydroxylamine groups is 2. The van der Waals surface area contributed by atoms with Crippen LogP contribution in [0.2, 0.25) is 0 Å². The first-order valence-electron chi connectivity index (χ1n) is 8.58. The molecule has 136 valence electrons. The molecule has 27 heavy (non-hydrogen) atoms. The van der Waals surface area contributed by atoms with E-state index in [1.807, 2.05) is 30.3 Å². The van der Waals surface area contributed by atoms with Crippen LogP contribution < -0.4 is 0 Å². The fraction of sp³-hybridized carbons (Fsp3) is 0.200. The number of imide groups is 1. The van der Waals surface area contributed by atoms with Crippen molar-refractivity contribution in [3.05, 3.63) is 71.3 Å². The lowest BCUT2D eigenvalue weighted by Crippen LogP contribution is -2.37. The Kier molecular flexibility index (Phi) is 4.19. The molecule has 7 nitrogen and oxygen atoms in total. The number of fused-ring (bicyclic) bond motifs is 1. The summed E-state index contributed by atoms with van der Waals surface area (Å²) in [6, 6.07) is 15.7. The molecule has 4 rings (SSSR count). The van der Waals surface area contributed by atoms with Crippen molar-refractivity contribution in [1.82, 2.24) is 9.96 Å². The Bertz CT molecular complexity index is 905. The van der Waals surface area contributed by atoms with Crippen molar-refractivity contribution in [3.63, 3.8) is 0 Å². The van der Waals surface area contributed by atoms with E-state index >= 15 is 0 Å². The average Bonchev–Trinajstić information content (AvgIpc) is 3.16. The van der Waals surface area contributed by atoms with Crippen LogP contribution in [-0.2, 0) is 21.0 Å². The second-order valence-electron chi connectivity index (χ2n) is 6.45. The summed E-state index contributed by atoms with van der Waals surface area (Å²) in [5, 5.41) is 0.445. The van der Waals surface area contributed by atoms with Crippen LogP contribution in [0, 0.1) is 5.92 Å². The molecule has 0 saturated carbocycles. The molecule has 2 heterocycles. The number of carbonyl (C=O) groups is 4. The molecule has 0 aliphatic carbocycles. The number of carbonyl (C=O) groups excluding carboxylic acids is 4. The molecular weight excluding hydrogens is 348 g/mol. The van der Waals surface area contributed by atoms with Gasteiger partial charge in [0.1, 0.15) is 5.92 Å². The highest BCUT2D eigenvalue weighted by molar-refractivity contribution is 6.21. The molecule has 0 spiro atoms. The minimum absolute atomic E-state index is 0.179. The molecule has 1 fully saturated rings. The maximum Gasteiger partial charge on any atom is 0.345 e. The summed E-state index contributed by atoms with van der Waals surface area (Å²) in [5.41, 5.74) is 1.32. The zero-order valence-corrected chi connectivity index (χ0v) is 14.3. The van der Waals surface area contributed by atoms with E-state index in [0.717, 1.165) is 5.56 Å². The van der Waals surface area contributed by atoms with Crippen molar-refractivity contribution in [2.75, 3.05) is 6.54 Å². The first kappa shape index (κ1) is 17.0. The van der Waals surface area contributed by atoms with Crippen LogP contribution in [0.1, 0.15) is 32.7 Å². The van der Waals surface area contributed by atoms with E-state index < -0.39 is 23.7 Å². The van der Waals surface area contributed by atoms with Crippen LogP contribution >= 0.6 is 0 Å². The van der Waals surface area contributed by atoms with Gasteiger partial charge in [0.25, 0.3) is 11.8 Å². The highest BCUT2D eigenvalue weighted by Crippen LogP contribution is 2.26. The molecule has 0 aromatic heterocycles. The molecule has 2 aromatic carbocycles. The van der Waals surface area contributed by atoms with Crippen LogP contribution in [0.25, 0.3) is 0 Å². The topological polar surface area (TPSA) is 84.0 Å². The molecule has 2 aromatic rings. The quantitative estimate of drug-likeness (QED) is 0.610. The number of hydrogen-bond donors (Lipinski definition) is 0.